The predicted molar refractivity (Wildman–Crippen MR) is 39.9 cm³/mol. The average Bonchev–Trinajstić information content (AvgIpc) is 0.722. The van der Waals surface area contributed by atoms with Gasteiger partial charge in [-0.2, -0.15) is 8.42 Å². The largest absolute Gasteiger partial charge is 0.394 e. The molecule has 0 rings (SSSR count). The smallest absolute Gasteiger partial charge is 0.264 e. The molecule has 4 nitrogen and oxygen atoms in total. The maximum atomic E-state index is 8.74. The van der Waals surface area contributed by atoms with Gasteiger partial charge >= 0.3 is 33.5 Å². The molecule has 0 saturated carbocycles. The lowest BCUT2D eigenvalue weighted by atomic mass is 15.8. The molecular formula is H8AlClMgO4S. The normalized spacial score (nSPS) is 7.25. The highest BCUT2D eigenvalue weighted by Gasteiger charge is 1.84. The molecule has 0 aliphatic carbocycles. The lowest BCUT2D eigenvalue weighted by Gasteiger charge is -1.68. The van der Waals surface area contributed by atoms with Crippen LogP contribution in [0.5, 0.6) is 0 Å². The fourth-order valence-corrected chi connectivity index (χ4v) is 0. The molecule has 0 aromatic heterocycles. The summed E-state index contributed by atoms with van der Waals surface area (Å²) in [6.07, 6.45) is 0. The van der Waals surface area contributed by atoms with Gasteiger partial charge in [-0.05, 0) is 0 Å². The van der Waals surface area contributed by atoms with E-state index >= 15 is 0 Å². The highest BCUT2D eigenvalue weighted by molar-refractivity contribution is 7.79. The van der Waals surface area contributed by atoms with Crippen molar-refractivity contribution >= 4 is 63.2 Å². The molecule has 8 heavy (non-hydrogen) atoms. The second-order valence-electron chi connectivity index (χ2n) is 0.448. The zero-order chi connectivity index (χ0) is 4.50. The van der Waals surface area contributed by atoms with Crippen LogP contribution in [0.2, 0.25) is 0 Å². The van der Waals surface area contributed by atoms with E-state index in [0.29, 0.717) is 0 Å². The molecule has 0 bridgehead atoms. The van der Waals surface area contributed by atoms with Crippen LogP contribution in [-0.4, -0.2) is 57.9 Å². The maximum Gasteiger partial charge on any atom is 0.394 e. The van der Waals surface area contributed by atoms with Gasteiger partial charge in [-0.25, -0.2) is 0 Å². The standard InChI is InChI=1S/Al.ClH.Mg.H2O4S.5H/c;;;1-5(2,3)4;;;;;/h;1H;;(H2,1,2,3,4);;;;;. The van der Waals surface area contributed by atoms with Crippen molar-refractivity contribution in [1.82, 2.24) is 0 Å². The van der Waals surface area contributed by atoms with Crippen LogP contribution in [0.15, 0.2) is 0 Å². The summed E-state index contributed by atoms with van der Waals surface area (Å²) in [4.78, 5) is 0. The van der Waals surface area contributed by atoms with E-state index in [9.17, 15) is 0 Å². The van der Waals surface area contributed by atoms with Gasteiger partial charge in [0.2, 0.25) is 0 Å². The molecule has 0 spiro atoms. The van der Waals surface area contributed by atoms with Crippen molar-refractivity contribution in [3.8, 4) is 0 Å². The van der Waals surface area contributed by atoms with Crippen LogP contribution in [0.3, 0.4) is 0 Å². The molecule has 0 aromatic rings. The van der Waals surface area contributed by atoms with Crippen molar-refractivity contribution in [2.45, 2.75) is 0 Å². The first-order valence-corrected chi connectivity index (χ1v) is 2.10. The average molecular weight is 191 g/mol. The summed E-state index contributed by atoms with van der Waals surface area (Å²) in [7, 11) is -4.67. The molecule has 2 N–H and O–H groups in total. The van der Waals surface area contributed by atoms with Crippen molar-refractivity contribution in [3.05, 3.63) is 0 Å². The highest BCUT2D eigenvalue weighted by atomic mass is 35.5. The minimum absolute atomic E-state index is 0. The van der Waals surface area contributed by atoms with E-state index in [-0.39, 0.29) is 52.8 Å². The van der Waals surface area contributed by atoms with Crippen LogP contribution in [0, 0.1) is 0 Å². The summed E-state index contributed by atoms with van der Waals surface area (Å²) in [6, 6.07) is 0. The Kier molecular flexibility index (Phi) is 24.0. The van der Waals surface area contributed by atoms with Crippen molar-refractivity contribution in [3.63, 3.8) is 0 Å². The van der Waals surface area contributed by atoms with Gasteiger partial charge in [-0.15, -0.1) is 12.4 Å². The third-order valence-electron chi connectivity index (χ3n) is 0. The van der Waals surface area contributed by atoms with E-state index in [1.54, 1.807) is 0 Å². The molecule has 0 amide bonds. The van der Waals surface area contributed by atoms with E-state index in [1.807, 2.05) is 0 Å². The first-order valence-electron chi connectivity index (χ1n) is 0.698. The van der Waals surface area contributed by atoms with Crippen molar-refractivity contribution < 1.29 is 17.5 Å². The van der Waals surface area contributed by atoms with Gasteiger partial charge in [-0.1, -0.05) is 0 Å². The number of halogens is 1. The van der Waals surface area contributed by atoms with Crippen molar-refractivity contribution in [1.29, 1.82) is 0 Å². The third-order valence-corrected chi connectivity index (χ3v) is 0. The fraction of sp³-hybridized carbons (Fsp3) is 0. The van der Waals surface area contributed by atoms with E-state index in [4.69, 9.17) is 17.5 Å². The summed E-state index contributed by atoms with van der Waals surface area (Å²) in [5.74, 6) is 0. The molecule has 50 valence electrons. The number of rotatable bonds is 0. The Balaban J connectivity index is -0.0000000267. The van der Waals surface area contributed by atoms with Gasteiger partial charge in [0.05, 0.1) is 0 Å². The SMILES string of the molecule is Cl.O=S(=O)(O)O.[AlH3].[MgH2]. The van der Waals surface area contributed by atoms with E-state index < -0.39 is 10.4 Å². The molecule has 0 aliphatic rings. The second-order valence-corrected chi connectivity index (χ2v) is 1.34. The van der Waals surface area contributed by atoms with Gasteiger partial charge in [0.25, 0.3) is 0 Å². The maximum absolute atomic E-state index is 8.74. The molecule has 0 saturated heterocycles. The zero-order valence-electron chi connectivity index (χ0n) is 2.53. The molecular weight excluding hydrogens is 183 g/mol. The molecule has 0 aliphatic heterocycles. The molecule has 0 atom stereocenters. The fourth-order valence-electron chi connectivity index (χ4n) is 0. The molecule has 0 unspecified atom stereocenters. The number of hydrogen-bond donors (Lipinski definition) is 2. The Labute approximate surface area is 80.3 Å². The van der Waals surface area contributed by atoms with Gasteiger partial charge in [0.15, 0.2) is 17.4 Å². The summed E-state index contributed by atoms with van der Waals surface area (Å²) < 4.78 is 31.6. The Hall–Kier alpha value is 1.46. The molecule has 8 heteroatoms. The van der Waals surface area contributed by atoms with Gasteiger partial charge < -0.3 is 0 Å². The summed E-state index contributed by atoms with van der Waals surface area (Å²) in [5.41, 5.74) is 0. The van der Waals surface area contributed by atoms with Crippen LogP contribution in [0.1, 0.15) is 0 Å². The Morgan fingerprint density at radius 2 is 1.12 bits per heavy atom. The third kappa shape index (κ3) is 146. The Morgan fingerprint density at radius 1 is 1.12 bits per heavy atom. The van der Waals surface area contributed by atoms with Gasteiger partial charge in [-0.3, -0.25) is 9.11 Å². The predicted octanol–water partition coefficient (Wildman–Crippen LogP) is -2.33. The first-order chi connectivity index (χ1) is 2.00. The monoisotopic (exact) mass is 190 g/mol. The quantitative estimate of drug-likeness (QED) is 0.332. The van der Waals surface area contributed by atoms with Crippen LogP contribution in [-0.2, 0) is 10.4 Å². The summed E-state index contributed by atoms with van der Waals surface area (Å²) >= 11 is 0. The lowest BCUT2D eigenvalue weighted by Crippen LogP contribution is -1.89. The summed E-state index contributed by atoms with van der Waals surface area (Å²) in [5, 5.41) is 0. The minimum atomic E-state index is -4.67. The lowest BCUT2D eigenvalue weighted by molar-refractivity contribution is 0.381. The van der Waals surface area contributed by atoms with Crippen LogP contribution in [0.25, 0.3) is 0 Å². The highest BCUT2D eigenvalue weighted by Crippen LogP contribution is 1.59. The molecule has 0 fully saturated rings. The zero-order valence-corrected chi connectivity index (χ0v) is 4.16. The Bertz CT molecular complexity index is 99.2. The van der Waals surface area contributed by atoms with Gasteiger partial charge in [0.1, 0.15) is 0 Å². The number of hydrogen-bond acceptors (Lipinski definition) is 2. The first kappa shape index (κ1) is 22.7. The van der Waals surface area contributed by atoms with Crippen LogP contribution in [0.4, 0.5) is 0 Å². The van der Waals surface area contributed by atoms with Crippen LogP contribution < -0.4 is 0 Å². The molecule has 0 heterocycles. The Morgan fingerprint density at radius 3 is 1.12 bits per heavy atom. The van der Waals surface area contributed by atoms with E-state index in [0.717, 1.165) is 0 Å². The topological polar surface area (TPSA) is 74.6 Å². The second kappa shape index (κ2) is 8.46. The van der Waals surface area contributed by atoms with E-state index in [1.165, 1.54) is 0 Å². The van der Waals surface area contributed by atoms with Crippen LogP contribution >= 0.6 is 12.4 Å². The summed E-state index contributed by atoms with van der Waals surface area (Å²) in [6.45, 7) is 0. The molecule has 0 aromatic carbocycles. The van der Waals surface area contributed by atoms with E-state index in [2.05, 4.69) is 0 Å². The van der Waals surface area contributed by atoms with Gasteiger partial charge in [0, 0.05) is 0 Å². The van der Waals surface area contributed by atoms with Crippen molar-refractivity contribution in [2.75, 3.05) is 0 Å². The van der Waals surface area contributed by atoms with Crippen molar-refractivity contribution in [2.24, 2.45) is 0 Å². The molecule has 0 radical (unpaired) electrons. The minimum Gasteiger partial charge on any atom is -0.264 e.